The summed E-state index contributed by atoms with van der Waals surface area (Å²) >= 11 is 0. The van der Waals surface area contributed by atoms with Gasteiger partial charge in [0.05, 0.1) is 0 Å². The number of aryl methyl sites for hydroxylation is 1. The lowest BCUT2D eigenvalue weighted by molar-refractivity contribution is 0.214. The Hall–Kier alpha value is -1.87. The molecule has 1 aromatic heterocycles. The van der Waals surface area contributed by atoms with Crippen LogP contribution in [0, 0.1) is 0 Å². The largest absolute Gasteiger partial charge is 0.484 e. The van der Waals surface area contributed by atoms with Crippen molar-refractivity contribution in [1.29, 1.82) is 0 Å². The average Bonchev–Trinajstić information content (AvgIpc) is 2.52. The van der Waals surface area contributed by atoms with E-state index < -0.39 is 0 Å². The molecule has 0 fully saturated rings. The Morgan fingerprint density at radius 3 is 2.60 bits per heavy atom. The van der Waals surface area contributed by atoms with E-state index in [0.29, 0.717) is 6.54 Å². The summed E-state index contributed by atoms with van der Waals surface area (Å²) in [5.41, 5.74) is 8.15. The monoisotopic (exact) mass is 270 g/mol. The van der Waals surface area contributed by atoms with Crippen LogP contribution >= 0.6 is 0 Å². The zero-order valence-corrected chi connectivity index (χ0v) is 12.0. The van der Waals surface area contributed by atoms with E-state index in [4.69, 9.17) is 10.5 Å². The third-order valence-corrected chi connectivity index (χ3v) is 3.29. The first-order valence-corrected chi connectivity index (χ1v) is 7.19. The molecule has 1 unspecified atom stereocenters. The summed E-state index contributed by atoms with van der Waals surface area (Å²) in [7, 11) is 0. The van der Waals surface area contributed by atoms with Crippen molar-refractivity contribution in [1.82, 2.24) is 4.98 Å². The number of unbranched alkanes of at least 4 members (excludes halogenated alkanes) is 1. The van der Waals surface area contributed by atoms with Crippen molar-refractivity contribution < 1.29 is 4.74 Å². The first-order valence-electron chi connectivity index (χ1n) is 7.19. The summed E-state index contributed by atoms with van der Waals surface area (Å²) in [5, 5.41) is 0. The number of pyridine rings is 1. The van der Waals surface area contributed by atoms with Gasteiger partial charge >= 0.3 is 0 Å². The number of benzene rings is 1. The van der Waals surface area contributed by atoms with Gasteiger partial charge in [-0.05, 0) is 36.6 Å². The fraction of sp³-hybridized carbons (Fsp3) is 0.353. The van der Waals surface area contributed by atoms with Gasteiger partial charge in [0, 0.05) is 24.5 Å². The summed E-state index contributed by atoms with van der Waals surface area (Å²) in [6.07, 6.45) is 6.97. The Morgan fingerprint density at radius 1 is 1.20 bits per heavy atom. The van der Waals surface area contributed by atoms with Crippen molar-refractivity contribution in [3.63, 3.8) is 0 Å². The summed E-state index contributed by atoms with van der Waals surface area (Å²) in [6, 6.07) is 12.2. The molecule has 0 saturated carbocycles. The standard InChI is InChI=1S/C17H22N2O/c1-2-3-5-14-7-9-16(10-8-14)20-17(12-18)15-6-4-11-19-13-15/h4,6-11,13,17H,2-3,5,12,18H2,1H3. The van der Waals surface area contributed by atoms with E-state index in [1.165, 1.54) is 18.4 Å². The molecule has 0 radical (unpaired) electrons. The molecular formula is C17H22N2O. The third kappa shape index (κ3) is 4.07. The summed E-state index contributed by atoms with van der Waals surface area (Å²) in [5.74, 6) is 0.851. The number of rotatable bonds is 7. The number of nitrogens with two attached hydrogens (primary N) is 1. The average molecular weight is 270 g/mol. The summed E-state index contributed by atoms with van der Waals surface area (Å²) < 4.78 is 5.94. The number of hydrogen-bond acceptors (Lipinski definition) is 3. The topological polar surface area (TPSA) is 48.1 Å². The van der Waals surface area contributed by atoms with Gasteiger partial charge in [-0.2, -0.15) is 0 Å². The van der Waals surface area contributed by atoms with Crippen LogP contribution in [0.1, 0.15) is 37.0 Å². The quantitative estimate of drug-likeness (QED) is 0.837. The minimum absolute atomic E-state index is 0.148. The van der Waals surface area contributed by atoms with Crippen LogP contribution in [0.2, 0.25) is 0 Å². The molecule has 2 rings (SSSR count). The Kier molecular flexibility index (Phi) is 5.56. The third-order valence-electron chi connectivity index (χ3n) is 3.29. The Bertz CT molecular complexity index is 496. The molecule has 0 spiro atoms. The maximum Gasteiger partial charge on any atom is 0.137 e. The van der Waals surface area contributed by atoms with Crippen molar-refractivity contribution in [2.24, 2.45) is 5.73 Å². The van der Waals surface area contributed by atoms with Crippen LogP contribution in [0.5, 0.6) is 5.75 Å². The fourth-order valence-electron chi connectivity index (χ4n) is 2.10. The first-order chi connectivity index (χ1) is 9.83. The highest BCUT2D eigenvalue weighted by molar-refractivity contribution is 5.28. The first kappa shape index (κ1) is 14.5. The van der Waals surface area contributed by atoms with Crippen LogP contribution in [0.3, 0.4) is 0 Å². The van der Waals surface area contributed by atoms with Gasteiger partial charge in [0.25, 0.3) is 0 Å². The summed E-state index contributed by atoms with van der Waals surface area (Å²) in [4.78, 5) is 4.11. The van der Waals surface area contributed by atoms with Crippen LogP contribution in [0.4, 0.5) is 0 Å². The number of nitrogens with zero attached hydrogens (tertiary/aromatic N) is 1. The minimum Gasteiger partial charge on any atom is -0.484 e. The van der Waals surface area contributed by atoms with Crippen LogP contribution in [0.25, 0.3) is 0 Å². The molecule has 20 heavy (non-hydrogen) atoms. The lowest BCUT2D eigenvalue weighted by Gasteiger charge is -2.17. The molecular weight excluding hydrogens is 248 g/mol. The van der Waals surface area contributed by atoms with E-state index >= 15 is 0 Å². The Labute approximate surface area is 120 Å². The molecule has 3 heteroatoms. The predicted molar refractivity (Wildman–Crippen MR) is 81.7 cm³/mol. The number of hydrogen-bond donors (Lipinski definition) is 1. The van der Waals surface area contributed by atoms with Gasteiger partial charge in [-0.3, -0.25) is 4.98 Å². The highest BCUT2D eigenvalue weighted by Crippen LogP contribution is 2.21. The predicted octanol–water partition coefficient (Wildman–Crippen LogP) is 3.50. The molecule has 0 saturated heterocycles. The highest BCUT2D eigenvalue weighted by Gasteiger charge is 2.11. The Morgan fingerprint density at radius 2 is 2.00 bits per heavy atom. The van der Waals surface area contributed by atoms with Gasteiger partial charge in [-0.1, -0.05) is 31.5 Å². The molecule has 106 valence electrons. The highest BCUT2D eigenvalue weighted by atomic mass is 16.5. The van der Waals surface area contributed by atoms with Gasteiger partial charge in [-0.25, -0.2) is 0 Å². The van der Waals surface area contributed by atoms with Crippen LogP contribution < -0.4 is 10.5 Å². The lowest BCUT2D eigenvalue weighted by atomic mass is 10.1. The molecule has 0 aliphatic rings. The molecule has 0 aliphatic carbocycles. The zero-order chi connectivity index (χ0) is 14.2. The minimum atomic E-state index is -0.148. The lowest BCUT2D eigenvalue weighted by Crippen LogP contribution is -2.18. The molecule has 2 aromatic rings. The normalized spacial score (nSPS) is 12.1. The van der Waals surface area contributed by atoms with E-state index in [1.54, 1.807) is 12.4 Å². The number of aromatic nitrogens is 1. The molecule has 3 nitrogen and oxygen atoms in total. The maximum absolute atomic E-state index is 5.94. The van der Waals surface area contributed by atoms with E-state index in [0.717, 1.165) is 17.7 Å². The second-order valence-corrected chi connectivity index (χ2v) is 4.88. The van der Waals surface area contributed by atoms with Crippen molar-refractivity contribution in [2.75, 3.05) is 6.54 Å². The smallest absolute Gasteiger partial charge is 0.137 e. The molecule has 0 aliphatic heterocycles. The van der Waals surface area contributed by atoms with Crippen LogP contribution in [-0.4, -0.2) is 11.5 Å². The molecule has 1 atom stereocenters. The van der Waals surface area contributed by atoms with E-state index in [9.17, 15) is 0 Å². The van der Waals surface area contributed by atoms with Gasteiger partial charge < -0.3 is 10.5 Å². The van der Waals surface area contributed by atoms with Crippen molar-refractivity contribution in [3.05, 3.63) is 59.9 Å². The van der Waals surface area contributed by atoms with Gasteiger partial charge in [0.2, 0.25) is 0 Å². The van der Waals surface area contributed by atoms with E-state index in [2.05, 4.69) is 24.0 Å². The molecule has 1 heterocycles. The maximum atomic E-state index is 5.94. The number of ether oxygens (including phenoxy) is 1. The van der Waals surface area contributed by atoms with Crippen LogP contribution in [-0.2, 0) is 6.42 Å². The van der Waals surface area contributed by atoms with Crippen molar-refractivity contribution in [2.45, 2.75) is 32.3 Å². The van der Waals surface area contributed by atoms with Crippen molar-refractivity contribution >= 4 is 0 Å². The van der Waals surface area contributed by atoms with Crippen LogP contribution in [0.15, 0.2) is 48.8 Å². The van der Waals surface area contributed by atoms with Gasteiger partial charge in [-0.15, -0.1) is 0 Å². The van der Waals surface area contributed by atoms with Crippen molar-refractivity contribution in [3.8, 4) is 5.75 Å². The molecule has 0 bridgehead atoms. The Balaban J connectivity index is 2.01. The van der Waals surface area contributed by atoms with Gasteiger partial charge in [0.15, 0.2) is 0 Å². The summed E-state index contributed by atoms with van der Waals surface area (Å²) in [6.45, 7) is 2.64. The zero-order valence-electron chi connectivity index (χ0n) is 12.0. The SMILES string of the molecule is CCCCc1ccc(OC(CN)c2cccnc2)cc1. The van der Waals surface area contributed by atoms with Gasteiger partial charge in [0.1, 0.15) is 11.9 Å². The molecule has 0 amide bonds. The second-order valence-electron chi connectivity index (χ2n) is 4.88. The van der Waals surface area contributed by atoms with E-state index in [-0.39, 0.29) is 6.10 Å². The second kappa shape index (κ2) is 7.65. The molecule has 2 N–H and O–H groups in total. The van der Waals surface area contributed by atoms with E-state index in [1.807, 2.05) is 24.3 Å². The fourth-order valence-corrected chi connectivity index (χ4v) is 2.10. The molecule has 1 aromatic carbocycles.